The molecule has 112 valence electrons. The van der Waals surface area contributed by atoms with Crippen molar-refractivity contribution in [2.75, 3.05) is 14.1 Å². The molecule has 4 heteroatoms. The summed E-state index contributed by atoms with van der Waals surface area (Å²) in [5, 5.41) is 4.69. The van der Waals surface area contributed by atoms with Crippen LogP contribution in [0.1, 0.15) is 25.0 Å². The molecule has 0 N–H and O–H groups in total. The average Bonchev–Trinajstić information content (AvgIpc) is 2.81. The Balaban J connectivity index is 2.50. The van der Waals surface area contributed by atoms with Crippen molar-refractivity contribution < 1.29 is 4.79 Å². The molecule has 0 aliphatic carbocycles. The molecule has 1 aromatic carbocycles. The number of likely N-dealkylation sites (N-methyl/N-ethyl adjacent to an activating group) is 1. The first kappa shape index (κ1) is 15.3. The van der Waals surface area contributed by atoms with Crippen LogP contribution < -0.4 is 0 Å². The van der Waals surface area contributed by atoms with Crippen LogP contribution in [-0.2, 0) is 10.3 Å². The zero-order valence-corrected chi connectivity index (χ0v) is 13.6. The van der Waals surface area contributed by atoms with Crippen molar-refractivity contribution in [1.29, 1.82) is 0 Å². The molecule has 0 atom stereocenters. The second kappa shape index (κ2) is 5.35. The zero-order chi connectivity index (χ0) is 15.8. The molecule has 0 unspecified atom stereocenters. The standard InChI is InChI=1S/C17H23N3O/c1-12-9-7-8-10-14(12)15-13(2)11-20(18-15)17(3,4)16(21)19(5)6/h7-11H,1-6H3. The van der Waals surface area contributed by atoms with E-state index < -0.39 is 5.54 Å². The Labute approximate surface area is 126 Å². The Morgan fingerprint density at radius 2 is 1.76 bits per heavy atom. The largest absolute Gasteiger partial charge is 0.347 e. The Bertz CT molecular complexity index is 668. The molecular formula is C17H23N3O. The minimum absolute atomic E-state index is 0.0290. The lowest BCUT2D eigenvalue weighted by Crippen LogP contribution is -2.44. The molecule has 0 aliphatic rings. The summed E-state index contributed by atoms with van der Waals surface area (Å²) in [6.45, 7) is 7.89. The second-order valence-electron chi connectivity index (χ2n) is 6.18. The van der Waals surface area contributed by atoms with Gasteiger partial charge in [0.1, 0.15) is 5.54 Å². The fourth-order valence-electron chi connectivity index (χ4n) is 2.50. The van der Waals surface area contributed by atoms with Crippen LogP contribution in [0.2, 0.25) is 0 Å². The van der Waals surface area contributed by atoms with E-state index in [1.54, 1.807) is 23.7 Å². The van der Waals surface area contributed by atoms with Gasteiger partial charge in [-0.3, -0.25) is 9.48 Å². The molecule has 0 radical (unpaired) electrons. The first-order chi connectivity index (χ1) is 9.75. The molecule has 0 saturated heterocycles. The van der Waals surface area contributed by atoms with E-state index in [1.165, 1.54) is 5.56 Å². The summed E-state index contributed by atoms with van der Waals surface area (Å²) < 4.78 is 1.77. The van der Waals surface area contributed by atoms with E-state index in [9.17, 15) is 4.79 Å². The minimum atomic E-state index is -0.699. The van der Waals surface area contributed by atoms with Crippen molar-refractivity contribution in [3.8, 4) is 11.3 Å². The Morgan fingerprint density at radius 1 is 1.14 bits per heavy atom. The molecule has 2 aromatic rings. The van der Waals surface area contributed by atoms with Crippen LogP contribution in [0.25, 0.3) is 11.3 Å². The maximum absolute atomic E-state index is 12.4. The molecular weight excluding hydrogens is 262 g/mol. The summed E-state index contributed by atoms with van der Waals surface area (Å²) in [4.78, 5) is 14.0. The molecule has 2 rings (SSSR count). The van der Waals surface area contributed by atoms with Crippen molar-refractivity contribution in [2.45, 2.75) is 33.2 Å². The molecule has 4 nitrogen and oxygen atoms in total. The van der Waals surface area contributed by atoms with Crippen LogP contribution >= 0.6 is 0 Å². The number of aromatic nitrogens is 2. The fraction of sp³-hybridized carbons (Fsp3) is 0.412. The molecule has 0 bridgehead atoms. The van der Waals surface area contributed by atoms with Crippen molar-refractivity contribution in [3.05, 3.63) is 41.6 Å². The molecule has 0 aliphatic heterocycles. The predicted molar refractivity (Wildman–Crippen MR) is 85.2 cm³/mol. The normalized spacial score (nSPS) is 11.5. The van der Waals surface area contributed by atoms with E-state index in [2.05, 4.69) is 24.2 Å². The van der Waals surface area contributed by atoms with Gasteiger partial charge in [-0.15, -0.1) is 0 Å². The van der Waals surface area contributed by atoms with Gasteiger partial charge in [0.2, 0.25) is 5.91 Å². The van der Waals surface area contributed by atoms with E-state index in [0.717, 1.165) is 16.8 Å². The lowest BCUT2D eigenvalue weighted by Gasteiger charge is -2.27. The van der Waals surface area contributed by atoms with Gasteiger partial charge >= 0.3 is 0 Å². The van der Waals surface area contributed by atoms with E-state index >= 15 is 0 Å². The highest BCUT2D eigenvalue weighted by molar-refractivity contribution is 5.83. The number of nitrogens with zero attached hydrogens (tertiary/aromatic N) is 3. The van der Waals surface area contributed by atoms with E-state index in [0.29, 0.717) is 0 Å². The van der Waals surface area contributed by atoms with Crippen LogP contribution in [0.5, 0.6) is 0 Å². The maximum atomic E-state index is 12.4. The van der Waals surface area contributed by atoms with Crippen LogP contribution in [0.3, 0.4) is 0 Å². The number of aryl methyl sites for hydroxylation is 2. The molecule has 0 spiro atoms. The van der Waals surface area contributed by atoms with Crippen LogP contribution in [-0.4, -0.2) is 34.7 Å². The Morgan fingerprint density at radius 3 is 2.33 bits per heavy atom. The third-order valence-corrected chi connectivity index (χ3v) is 3.80. The highest BCUT2D eigenvalue weighted by atomic mass is 16.2. The maximum Gasteiger partial charge on any atom is 0.249 e. The summed E-state index contributed by atoms with van der Waals surface area (Å²) in [6, 6.07) is 8.17. The number of carbonyl (C=O) groups excluding carboxylic acids is 1. The van der Waals surface area contributed by atoms with Gasteiger partial charge in [-0.1, -0.05) is 24.3 Å². The molecule has 1 aromatic heterocycles. The average molecular weight is 285 g/mol. The van der Waals surface area contributed by atoms with Crippen molar-refractivity contribution in [1.82, 2.24) is 14.7 Å². The number of benzene rings is 1. The van der Waals surface area contributed by atoms with Crippen molar-refractivity contribution >= 4 is 5.91 Å². The topological polar surface area (TPSA) is 38.1 Å². The van der Waals surface area contributed by atoms with Gasteiger partial charge in [-0.25, -0.2) is 0 Å². The van der Waals surface area contributed by atoms with Crippen molar-refractivity contribution in [3.63, 3.8) is 0 Å². The number of amides is 1. The lowest BCUT2D eigenvalue weighted by atomic mass is 10.0. The summed E-state index contributed by atoms with van der Waals surface area (Å²) in [5.74, 6) is 0.0290. The minimum Gasteiger partial charge on any atom is -0.347 e. The Kier molecular flexibility index (Phi) is 3.90. The summed E-state index contributed by atoms with van der Waals surface area (Å²) in [6.07, 6.45) is 1.95. The zero-order valence-electron chi connectivity index (χ0n) is 13.6. The number of hydrogen-bond donors (Lipinski definition) is 0. The third-order valence-electron chi connectivity index (χ3n) is 3.80. The van der Waals surface area contributed by atoms with Crippen LogP contribution in [0.15, 0.2) is 30.5 Å². The van der Waals surface area contributed by atoms with Gasteiger partial charge in [0.05, 0.1) is 5.69 Å². The highest BCUT2D eigenvalue weighted by Gasteiger charge is 2.32. The van der Waals surface area contributed by atoms with Gasteiger partial charge in [-0.05, 0) is 38.8 Å². The third kappa shape index (κ3) is 2.71. The van der Waals surface area contributed by atoms with Gasteiger partial charge < -0.3 is 4.90 Å². The first-order valence-corrected chi connectivity index (χ1v) is 7.09. The summed E-state index contributed by atoms with van der Waals surface area (Å²) in [7, 11) is 3.53. The number of carbonyl (C=O) groups is 1. The van der Waals surface area contributed by atoms with E-state index in [4.69, 9.17) is 0 Å². The fourth-order valence-corrected chi connectivity index (χ4v) is 2.50. The Hall–Kier alpha value is -2.10. The molecule has 0 saturated carbocycles. The first-order valence-electron chi connectivity index (χ1n) is 7.09. The summed E-state index contributed by atoms with van der Waals surface area (Å²) >= 11 is 0. The lowest BCUT2D eigenvalue weighted by molar-refractivity contribution is -0.137. The molecule has 1 amide bonds. The second-order valence-corrected chi connectivity index (χ2v) is 6.18. The number of rotatable bonds is 3. The van der Waals surface area contributed by atoms with Crippen molar-refractivity contribution in [2.24, 2.45) is 0 Å². The van der Waals surface area contributed by atoms with E-state index in [1.807, 2.05) is 39.1 Å². The van der Waals surface area contributed by atoms with E-state index in [-0.39, 0.29) is 5.91 Å². The van der Waals surface area contributed by atoms with Gasteiger partial charge in [0, 0.05) is 25.9 Å². The van der Waals surface area contributed by atoms with Crippen LogP contribution in [0.4, 0.5) is 0 Å². The summed E-state index contributed by atoms with van der Waals surface area (Å²) in [5.41, 5.74) is 3.61. The van der Waals surface area contributed by atoms with Crippen LogP contribution in [0, 0.1) is 13.8 Å². The van der Waals surface area contributed by atoms with Gasteiger partial charge in [0.25, 0.3) is 0 Å². The van der Waals surface area contributed by atoms with Gasteiger partial charge in [-0.2, -0.15) is 5.10 Å². The monoisotopic (exact) mass is 285 g/mol. The van der Waals surface area contributed by atoms with Gasteiger partial charge in [0.15, 0.2) is 0 Å². The molecule has 21 heavy (non-hydrogen) atoms. The SMILES string of the molecule is Cc1ccccc1-c1nn(C(C)(C)C(=O)N(C)C)cc1C. The quantitative estimate of drug-likeness (QED) is 0.869. The highest BCUT2D eigenvalue weighted by Crippen LogP contribution is 2.27. The predicted octanol–water partition coefficient (Wildman–Crippen LogP) is 2.99. The molecule has 1 heterocycles. The number of hydrogen-bond acceptors (Lipinski definition) is 2. The molecule has 0 fully saturated rings. The smallest absolute Gasteiger partial charge is 0.249 e.